The topological polar surface area (TPSA) is 171 Å². The Kier molecular flexibility index (Phi) is 7.15. The summed E-state index contributed by atoms with van der Waals surface area (Å²) in [5.41, 5.74) is -0.181. The van der Waals surface area contributed by atoms with Crippen LogP contribution in [-0.4, -0.2) is 86.3 Å². The van der Waals surface area contributed by atoms with Crippen LogP contribution in [0, 0.1) is 0 Å². The van der Waals surface area contributed by atoms with Crippen molar-refractivity contribution in [1.82, 2.24) is 15.2 Å². The van der Waals surface area contributed by atoms with Gasteiger partial charge in [0.1, 0.15) is 35.8 Å². The van der Waals surface area contributed by atoms with Gasteiger partial charge in [-0.05, 0) is 5.57 Å². The zero-order valence-corrected chi connectivity index (χ0v) is 18.2. The van der Waals surface area contributed by atoms with E-state index in [2.05, 4.69) is 20.8 Å². The second-order valence-electron chi connectivity index (χ2n) is 6.12. The van der Waals surface area contributed by atoms with E-state index in [1.807, 2.05) is 0 Å². The molecule has 3 heterocycles. The molecule has 0 bridgehead atoms. The number of halogens is 1. The predicted molar refractivity (Wildman–Crippen MR) is 112 cm³/mol. The first-order valence-electron chi connectivity index (χ1n) is 8.56. The summed E-state index contributed by atoms with van der Waals surface area (Å²) in [6, 6.07) is -0.997. The van der Waals surface area contributed by atoms with E-state index in [-0.39, 0.29) is 39.4 Å². The highest BCUT2D eigenvalue weighted by Gasteiger charge is 2.54. The average molecular weight is 490 g/mol. The van der Waals surface area contributed by atoms with Crippen LogP contribution in [0.3, 0.4) is 0 Å². The number of carbonyl (C=O) groups excluding carboxylic acids is 3. The van der Waals surface area contributed by atoms with Crippen LogP contribution in [0.2, 0.25) is 0 Å². The molecule has 2 aliphatic rings. The predicted octanol–water partition coefficient (Wildman–Crippen LogP) is -0.598. The van der Waals surface area contributed by atoms with Gasteiger partial charge in [0.15, 0.2) is 10.8 Å². The van der Waals surface area contributed by atoms with Gasteiger partial charge in [0, 0.05) is 11.1 Å². The van der Waals surface area contributed by atoms with Gasteiger partial charge in [-0.3, -0.25) is 19.3 Å². The summed E-state index contributed by atoms with van der Waals surface area (Å²) in [5, 5.41) is 28.4. The molecule has 0 spiro atoms. The summed E-state index contributed by atoms with van der Waals surface area (Å²) in [5.74, 6) is -3.26. The lowest BCUT2D eigenvalue weighted by Crippen LogP contribution is -2.71. The number of thiazole rings is 1. The molecule has 166 valence electrons. The first kappa shape index (κ1) is 23.0. The van der Waals surface area contributed by atoms with Gasteiger partial charge in [-0.2, -0.15) is 0 Å². The van der Waals surface area contributed by atoms with Crippen molar-refractivity contribution >= 4 is 69.2 Å². The largest absolute Gasteiger partial charge is 0.477 e. The van der Waals surface area contributed by atoms with Crippen molar-refractivity contribution in [2.45, 2.75) is 11.4 Å². The maximum absolute atomic E-state index is 12.8. The van der Waals surface area contributed by atoms with Crippen LogP contribution in [0.25, 0.3) is 0 Å². The number of aliphatic hydroxyl groups excluding tert-OH is 1. The highest BCUT2D eigenvalue weighted by Crippen LogP contribution is 2.40. The molecule has 4 N–H and O–H groups in total. The number of aliphatic hydroxyl groups is 1. The van der Waals surface area contributed by atoms with Gasteiger partial charge >= 0.3 is 5.97 Å². The molecular formula is C16H16ClN5O7S2. The fraction of sp³-hybridized carbons (Fsp3) is 0.375. The molecule has 0 radical (unpaired) electrons. The highest BCUT2D eigenvalue weighted by molar-refractivity contribution is 8.00. The second-order valence-corrected chi connectivity index (χ2v) is 8.35. The molecule has 2 aliphatic heterocycles. The third kappa shape index (κ3) is 4.51. The molecule has 3 amide bonds. The normalized spacial score (nSPS) is 20.7. The van der Waals surface area contributed by atoms with E-state index in [1.54, 1.807) is 0 Å². The van der Waals surface area contributed by atoms with Crippen LogP contribution in [0.15, 0.2) is 21.8 Å². The quantitative estimate of drug-likeness (QED) is 0.161. The molecule has 0 aliphatic carbocycles. The van der Waals surface area contributed by atoms with Crippen molar-refractivity contribution in [1.29, 1.82) is 0 Å². The van der Waals surface area contributed by atoms with E-state index in [4.69, 9.17) is 16.4 Å². The molecule has 0 aromatic carbocycles. The maximum Gasteiger partial charge on any atom is 0.352 e. The minimum atomic E-state index is -1.33. The Hall–Kier alpha value is -2.68. The molecule has 0 saturated carbocycles. The SMILES string of the molecule is CO/N=C(/C(=O)NC1C(=O)N2C(C(=O)O)=C(CO)CS[C@H]12)c1csc(NC(=O)CCl)n1. The first-order chi connectivity index (χ1) is 14.8. The Balaban J connectivity index is 1.75. The number of fused-ring (bicyclic) bond motifs is 1. The van der Waals surface area contributed by atoms with Gasteiger partial charge in [0.05, 0.1) is 6.61 Å². The van der Waals surface area contributed by atoms with Gasteiger partial charge in [0.25, 0.3) is 11.8 Å². The van der Waals surface area contributed by atoms with Crippen LogP contribution in [0.4, 0.5) is 5.13 Å². The van der Waals surface area contributed by atoms with Crippen LogP contribution < -0.4 is 10.6 Å². The van der Waals surface area contributed by atoms with E-state index in [0.29, 0.717) is 0 Å². The molecule has 2 atom stereocenters. The zero-order chi connectivity index (χ0) is 22.7. The number of aliphatic carboxylic acids is 1. The van der Waals surface area contributed by atoms with E-state index < -0.39 is 41.7 Å². The number of oxime groups is 1. The summed E-state index contributed by atoms with van der Waals surface area (Å²) in [7, 11) is 1.23. The summed E-state index contributed by atoms with van der Waals surface area (Å²) < 4.78 is 0. The highest BCUT2D eigenvalue weighted by atomic mass is 35.5. The molecule has 1 fully saturated rings. The monoisotopic (exact) mass is 489 g/mol. The Bertz CT molecular complexity index is 995. The Morgan fingerprint density at radius 1 is 1.45 bits per heavy atom. The number of thioether (sulfide) groups is 1. The lowest BCUT2D eigenvalue weighted by molar-refractivity contribution is -0.150. The number of carboxylic acids is 1. The number of carboxylic acid groups (broad SMARTS) is 1. The van der Waals surface area contributed by atoms with Crippen molar-refractivity contribution < 1.29 is 34.2 Å². The minimum absolute atomic E-state index is 0.0998. The van der Waals surface area contributed by atoms with Crippen molar-refractivity contribution in [3.05, 3.63) is 22.3 Å². The van der Waals surface area contributed by atoms with Crippen LogP contribution in [0.1, 0.15) is 5.69 Å². The number of aromatic nitrogens is 1. The van der Waals surface area contributed by atoms with Crippen LogP contribution in [-0.2, 0) is 24.0 Å². The van der Waals surface area contributed by atoms with E-state index in [0.717, 1.165) is 16.2 Å². The lowest BCUT2D eigenvalue weighted by atomic mass is 10.0. The van der Waals surface area contributed by atoms with Crippen LogP contribution >= 0.6 is 34.7 Å². The number of anilines is 1. The van der Waals surface area contributed by atoms with E-state index in [1.165, 1.54) is 24.3 Å². The number of rotatable bonds is 8. The molecule has 12 nitrogen and oxygen atoms in total. The molecular weight excluding hydrogens is 474 g/mol. The molecule has 1 saturated heterocycles. The van der Waals surface area contributed by atoms with Crippen molar-refractivity contribution in [2.24, 2.45) is 5.16 Å². The fourth-order valence-corrected chi connectivity index (χ4v) is 5.02. The number of hydrogen-bond acceptors (Lipinski definition) is 10. The molecule has 15 heteroatoms. The van der Waals surface area contributed by atoms with Crippen molar-refractivity contribution in [3.63, 3.8) is 0 Å². The Labute approximate surface area is 188 Å². The molecule has 31 heavy (non-hydrogen) atoms. The lowest BCUT2D eigenvalue weighted by Gasteiger charge is -2.49. The van der Waals surface area contributed by atoms with Gasteiger partial charge in [-0.25, -0.2) is 9.78 Å². The smallest absolute Gasteiger partial charge is 0.352 e. The second kappa shape index (κ2) is 9.64. The Morgan fingerprint density at radius 2 is 2.19 bits per heavy atom. The minimum Gasteiger partial charge on any atom is -0.477 e. The molecule has 3 rings (SSSR count). The summed E-state index contributed by atoms with van der Waals surface area (Å²) in [6.45, 7) is -0.487. The summed E-state index contributed by atoms with van der Waals surface area (Å²) >= 11 is 7.69. The average Bonchev–Trinajstić information content (AvgIpc) is 3.21. The number of β-lactam (4-membered cyclic amide) rings is 1. The number of carbonyl (C=O) groups is 4. The molecule has 1 aromatic rings. The number of alkyl halides is 1. The number of nitrogens with zero attached hydrogens (tertiary/aromatic N) is 3. The van der Waals surface area contributed by atoms with Crippen molar-refractivity contribution in [3.8, 4) is 0 Å². The Morgan fingerprint density at radius 3 is 2.81 bits per heavy atom. The standard InChI is InChI=1S/C16H16ClN5O7S2/c1-29-21-9(7-5-31-16(18-7)19-8(24)2-17)12(25)20-10-13(26)22-11(15(27)28)6(3-23)4-30-14(10)22/h5,10,14,23H,2-4H2,1H3,(H,20,25)(H,27,28)(H,18,19,24)/b21-9+/t10?,14-/m1/s1. The van der Waals surface area contributed by atoms with E-state index >= 15 is 0 Å². The fourth-order valence-electron chi connectivity index (χ4n) is 2.90. The van der Waals surface area contributed by atoms with E-state index in [9.17, 15) is 29.4 Å². The molecule has 1 unspecified atom stereocenters. The molecule has 1 aromatic heterocycles. The summed E-state index contributed by atoms with van der Waals surface area (Å²) in [6.07, 6.45) is 0. The van der Waals surface area contributed by atoms with Gasteiger partial charge in [-0.1, -0.05) is 5.16 Å². The maximum atomic E-state index is 12.8. The van der Waals surface area contributed by atoms with Gasteiger partial charge in [0.2, 0.25) is 5.91 Å². The third-order valence-corrected chi connectivity index (χ3v) is 6.58. The first-order valence-corrected chi connectivity index (χ1v) is 11.0. The van der Waals surface area contributed by atoms with Crippen molar-refractivity contribution in [2.75, 3.05) is 30.7 Å². The van der Waals surface area contributed by atoms with Gasteiger partial charge < -0.3 is 25.7 Å². The third-order valence-electron chi connectivity index (χ3n) is 4.24. The zero-order valence-electron chi connectivity index (χ0n) is 15.8. The van der Waals surface area contributed by atoms with Gasteiger partial charge in [-0.15, -0.1) is 34.7 Å². The van der Waals surface area contributed by atoms with Crippen LogP contribution in [0.5, 0.6) is 0 Å². The number of nitrogens with one attached hydrogen (secondary N) is 2. The number of amides is 3. The summed E-state index contributed by atoms with van der Waals surface area (Å²) in [4.78, 5) is 58.1. The number of hydrogen-bond donors (Lipinski definition) is 4.